The smallest absolute Gasteiger partial charge is 0.411 e. The zero-order valence-corrected chi connectivity index (χ0v) is 18.8. The number of hydrogen-bond donors (Lipinski definition) is 1. The quantitative estimate of drug-likeness (QED) is 0.339. The van der Waals surface area contributed by atoms with Gasteiger partial charge in [-0.1, -0.05) is 58.0 Å². The van der Waals surface area contributed by atoms with E-state index in [0.29, 0.717) is 23.4 Å². The van der Waals surface area contributed by atoms with E-state index in [0.717, 1.165) is 5.75 Å². The van der Waals surface area contributed by atoms with Crippen molar-refractivity contribution in [1.82, 2.24) is 0 Å². The van der Waals surface area contributed by atoms with Gasteiger partial charge in [0.25, 0.3) is 0 Å². The van der Waals surface area contributed by atoms with Gasteiger partial charge >= 0.3 is 6.09 Å². The van der Waals surface area contributed by atoms with Crippen LogP contribution in [0.2, 0.25) is 0 Å². The molecule has 0 bridgehead atoms. The second-order valence-electron chi connectivity index (χ2n) is 8.23. The van der Waals surface area contributed by atoms with Crippen molar-refractivity contribution in [2.75, 3.05) is 18.5 Å². The fourth-order valence-electron chi connectivity index (χ4n) is 3.34. The maximum atomic E-state index is 11.7. The predicted octanol–water partition coefficient (Wildman–Crippen LogP) is 6.46. The normalized spacial score (nSPS) is 13.2. The summed E-state index contributed by atoms with van der Waals surface area (Å²) in [5, 5.41) is 2.66. The van der Waals surface area contributed by atoms with E-state index in [9.17, 15) is 4.79 Å². The van der Waals surface area contributed by atoms with Gasteiger partial charge in [-0.3, -0.25) is 5.32 Å². The Kier molecular flexibility index (Phi) is 9.68. The van der Waals surface area contributed by atoms with Gasteiger partial charge in [-0.15, -0.1) is 0 Å². The van der Waals surface area contributed by atoms with Crippen molar-refractivity contribution in [1.29, 1.82) is 0 Å². The molecule has 0 spiro atoms. The van der Waals surface area contributed by atoms with Crippen LogP contribution < -0.4 is 10.1 Å². The van der Waals surface area contributed by atoms with Crippen LogP contribution in [0.25, 0.3) is 0 Å². The van der Waals surface area contributed by atoms with Crippen molar-refractivity contribution in [3.63, 3.8) is 0 Å². The van der Waals surface area contributed by atoms with Crippen LogP contribution in [0, 0.1) is 11.8 Å². The summed E-state index contributed by atoms with van der Waals surface area (Å²) in [5.74, 6) is 2.58. The van der Waals surface area contributed by atoms with Gasteiger partial charge < -0.3 is 14.2 Å². The minimum Gasteiger partial charge on any atom is -0.465 e. The molecule has 0 aliphatic heterocycles. The van der Waals surface area contributed by atoms with Crippen LogP contribution in [0.4, 0.5) is 10.5 Å². The molecule has 2 unspecified atom stereocenters. The van der Waals surface area contributed by atoms with E-state index in [1.807, 2.05) is 37.3 Å². The topological polar surface area (TPSA) is 56.8 Å². The Labute approximate surface area is 180 Å². The van der Waals surface area contributed by atoms with Crippen molar-refractivity contribution in [2.45, 2.75) is 53.2 Å². The lowest BCUT2D eigenvalue weighted by atomic mass is 9.82. The number of amides is 1. The Hall–Kier alpha value is -2.53. The molecule has 5 nitrogen and oxygen atoms in total. The van der Waals surface area contributed by atoms with Gasteiger partial charge in [0.2, 0.25) is 0 Å². The van der Waals surface area contributed by atoms with Crippen LogP contribution in [0.3, 0.4) is 0 Å². The SMILES string of the molecule is CC(C)CC(c1ccc(OC(C)OCCOC(=O)Nc2ccccc2)cc1)C(C)C. The highest BCUT2D eigenvalue weighted by atomic mass is 16.7. The first kappa shape index (κ1) is 23.7. The van der Waals surface area contributed by atoms with Gasteiger partial charge in [-0.25, -0.2) is 4.79 Å². The summed E-state index contributed by atoms with van der Waals surface area (Å²) >= 11 is 0. The lowest BCUT2D eigenvalue weighted by Crippen LogP contribution is -2.21. The number of carbonyl (C=O) groups excluding carboxylic acids is 1. The molecule has 0 aliphatic carbocycles. The Balaban J connectivity index is 1.71. The molecule has 1 amide bonds. The molecule has 2 aromatic carbocycles. The number of anilines is 1. The standard InChI is InChI=1S/C25H35NO4/c1-18(2)17-24(19(3)4)21-11-13-23(14-12-21)30-20(5)28-15-16-29-25(27)26-22-9-7-6-8-10-22/h6-14,18-20,24H,15-17H2,1-5H3,(H,26,27). The molecule has 0 aliphatic rings. The molecular weight excluding hydrogens is 378 g/mol. The average Bonchev–Trinajstić information content (AvgIpc) is 2.70. The first-order valence-electron chi connectivity index (χ1n) is 10.7. The lowest BCUT2D eigenvalue weighted by molar-refractivity contribution is -0.0765. The minimum absolute atomic E-state index is 0.149. The molecule has 0 radical (unpaired) electrons. The van der Waals surface area contributed by atoms with Crippen LogP contribution >= 0.6 is 0 Å². The second-order valence-corrected chi connectivity index (χ2v) is 8.23. The predicted molar refractivity (Wildman–Crippen MR) is 121 cm³/mol. The van der Waals surface area contributed by atoms with Crippen molar-refractivity contribution in [3.8, 4) is 5.75 Å². The monoisotopic (exact) mass is 413 g/mol. The van der Waals surface area contributed by atoms with E-state index in [1.54, 1.807) is 12.1 Å². The fourth-order valence-corrected chi connectivity index (χ4v) is 3.34. The maximum absolute atomic E-state index is 11.7. The van der Waals surface area contributed by atoms with Crippen LogP contribution in [-0.2, 0) is 9.47 Å². The molecule has 164 valence electrons. The summed E-state index contributed by atoms with van der Waals surface area (Å²) in [5.41, 5.74) is 2.04. The second kappa shape index (κ2) is 12.2. The van der Waals surface area contributed by atoms with Gasteiger partial charge in [0.1, 0.15) is 12.4 Å². The highest BCUT2D eigenvalue weighted by Crippen LogP contribution is 2.32. The zero-order valence-electron chi connectivity index (χ0n) is 18.8. The largest absolute Gasteiger partial charge is 0.465 e. The number of nitrogens with one attached hydrogen (secondary N) is 1. The van der Waals surface area contributed by atoms with Gasteiger partial charge in [-0.2, -0.15) is 0 Å². The van der Waals surface area contributed by atoms with E-state index >= 15 is 0 Å². The van der Waals surface area contributed by atoms with E-state index < -0.39 is 12.4 Å². The summed E-state index contributed by atoms with van der Waals surface area (Å²) in [6.45, 7) is 11.3. The molecular formula is C25H35NO4. The molecule has 0 heterocycles. The molecule has 2 aromatic rings. The zero-order chi connectivity index (χ0) is 21.9. The van der Waals surface area contributed by atoms with E-state index in [2.05, 4.69) is 45.1 Å². The number of benzene rings is 2. The number of rotatable bonds is 11. The van der Waals surface area contributed by atoms with Crippen molar-refractivity contribution >= 4 is 11.8 Å². The Morgan fingerprint density at radius 1 is 0.900 bits per heavy atom. The van der Waals surface area contributed by atoms with Gasteiger partial charge in [0.15, 0.2) is 6.29 Å². The Bertz CT molecular complexity index is 744. The molecule has 0 saturated heterocycles. The van der Waals surface area contributed by atoms with E-state index in [-0.39, 0.29) is 13.2 Å². The average molecular weight is 414 g/mol. The fraction of sp³-hybridized carbons (Fsp3) is 0.480. The molecule has 30 heavy (non-hydrogen) atoms. The molecule has 2 atom stereocenters. The van der Waals surface area contributed by atoms with E-state index in [1.165, 1.54) is 12.0 Å². The maximum Gasteiger partial charge on any atom is 0.411 e. The third kappa shape index (κ3) is 8.46. The third-order valence-corrected chi connectivity index (χ3v) is 4.83. The minimum atomic E-state index is -0.505. The highest BCUT2D eigenvalue weighted by Gasteiger charge is 2.17. The lowest BCUT2D eigenvalue weighted by Gasteiger charge is -2.24. The highest BCUT2D eigenvalue weighted by molar-refractivity contribution is 5.84. The number of hydrogen-bond acceptors (Lipinski definition) is 4. The number of carbonyl (C=O) groups is 1. The Morgan fingerprint density at radius 3 is 2.17 bits per heavy atom. The van der Waals surface area contributed by atoms with Gasteiger partial charge in [0.05, 0.1) is 6.61 Å². The molecule has 0 saturated carbocycles. The van der Waals surface area contributed by atoms with E-state index in [4.69, 9.17) is 14.2 Å². The van der Waals surface area contributed by atoms with Crippen LogP contribution in [-0.4, -0.2) is 25.6 Å². The van der Waals surface area contributed by atoms with Gasteiger partial charge in [0, 0.05) is 5.69 Å². The first-order valence-corrected chi connectivity index (χ1v) is 10.7. The van der Waals surface area contributed by atoms with Crippen molar-refractivity contribution in [3.05, 3.63) is 60.2 Å². The van der Waals surface area contributed by atoms with Crippen LogP contribution in [0.15, 0.2) is 54.6 Å². The first-order chi connectivity index (χ1) is 14.3. The summed E-state index contributed by atoms with van der Waals surface area (Å²) in [6.07, 6.45) is 0.234. The third-order valence-electron chi connectivity index (χ3n) is 4.83. The molecule has 1 N–H and O–H groups in total. The molecule has 0 aromatic heterocycles. The summed E-state index contributed by atoms with van der Waals surface area (Å²) in [4.78, 5) is 11.7. The van der Waals surface area contributed by atoms with Gasteiger partial charge in [-0.05, 0) is 60.9 Å². The van der Waals surface area contributed by atoms with Crippen LogP contribution in [0.1, 0.15) is 52.5 Å². The summed E-state index contributed by atoms with van der Waals surface area (Å²) < 4.78 is 16.5. The van der Waals surface area contributed by atoms with Crippen molar-refractivity contribution in [2.24, 2.45) is 11.8 Å². The molecule has 5 heteroatoms. The van der Waals surface area contributed by atoms with Crippen LogP contribution in [0.5, 0.6) is 5.75 Å². The number of ether oxygens (including phenoxy) is 3. The summed E-state index contributed by atoms with van der Waals surface area (Å²) in [6, 6.07) is 17.4. The summed E-state index contributed by atoms with van der Waals surface area (Å²) in [7, 11) is 0. The Morgan fingerprint density at radius 2 is 1.57 bits per heavy atom. The molecule has 0 fully saturated rings. The van der Waals surface area contributed by atoms with Crippen molar-refractivity contribution < 1.29 is 19.0 Å². The molecule has 2 rings (SSSR count). The number of para-hydroxylation sites is 1.